The summed E-state index contributed by atoms with van der Waals surface area (Å²) in [5.41, 5.74) is 2.49. The van der Waals surface area contributed by atoms with Crippen molar-refractivity contribution in [3.63, 3.8) is 0 Å². The molecule has 0 aromatic carbocycles. The second-order valence-corrected chi connectivity index (χ2v) is 8.91. The van der Waals surface area contributed by atoms with E-state index in [0.29, 0.717) is 10.7 Å². The molecule has 1 aliphatic heterocycles. The molecule has 9 heteroatoms. The summed E-state index contributed by atoms with van der Waals surface area (Å²) in [6.45, 7) is 11.2. The molecule has 5 heterocycles. The fraction of sp³-hybridized carbons (Fsp3) is 0.364. The molecule has 4 aromatic heterocycles. The summed E-state index contributed by atoms with van der Waals surface area (Å²) in [4.78, 5) is 32.9. The smallest absolute Gasteiger partial charge is 0.267 e. The number of nitrogens with zero attached hydrogens (tertiary/aromatic N) is 6. The molecule has 0 radical (unpaired) electrons. The predicted octanol–water partition coefficient (Wildman–Crippen LogP) is 3.35. The number of pyridine rings is 1. The average molecular weight is 436 g/mol. The number of aromatic nitrogens is 4. The van der Waals surface area contributed by atoms with Crippen LogP contribution in [0.1, 0.15) is 28.0 Å². The van der Waals surface area contributed by atoms with Gasteiger partial charge in [-0.05, 0) is 38.6 Å². The molecule has 4 aromatic rings. The van der Waals surface area contributed by atoms with Gasteiger partial charge in [-0.15, -0.1) is 11.3 Å². The van der Waals surface area contributed by atoms with E-state index in [1.165, 1.54) is 11.3 Å². The Balaban J connectivity index is 1.36. The van der Waals surface area contributed by atoms with Crippen LogP contribution in [-0.2, 0) is 0 Å². The maximum Gasteiger partial charge on any atom is 0.267 e. The second-order valence-electron chi connectivity index (χ2n) is 7.87. The molecular weight excluding hydrogens is 410 g/mol. The molecule has 5 rings (SSSR count). The number of nitrogens with one attached hydrogen (secondary N) is 1. The number of thiophene rings is 1. The minimum atomic E-state index is -0.177. The number of amides is 1. The topological polar surface area (TPSA) is 78.7 Å². The number of carbonyl (C=O) groups is 1. The fourth-order valence-corrected chi connectivity index (χ4v) is 4.92. The van der Waals surface area contributed by atoms with Crippen LogP contribution < -0.4 is 10.2 Å². The zero-order valence-electron chi connectivity index (χ0n) is 17.9. The van der Waals surface area contributed by atoms with Gasteiger partial charge >= 0.3 is 0 Å². The number of likely N-dealkylation sites (N-methyl/N-ethyl adjacent to an activating group) is 1. The van der Waals surface area contributed by atoms with Gasteiger partial charge < -0.3 is 19.5 Å². The number of fused-ring (bicyclic) bond motifs is 2. The summed E-state index contributed by atoms with van der Waals surface area (Å²) in [5.74, 6) is 1.31. The Morgan fingerprint density at radius 2 is 1.90 bits per heavy atom. The summed E-state index contributed by atoms with van der Waals surface area (Å²) >= 11 is 1.41. The van der Waals surface area contributed by atoms with Crippen molar-refractivity contribution >= 4 is 44.7 Å². The molecule has 0 aliphatic carbocycles. The molecular formula is C22H25N7OS. The Morgan fingerprint density at radius 3 is 2.68 bits per heavy atom. The van der Waals surface area contributed by atoms with Crippen molar-refractivity contribution in [2.75, 3.05) is 42.9 Å². The maximum absolute atomic E-state index is 12.9. The second kappa shape index (κ2) is 7.90. The minimum Gasteiger partial charge on any atom is -0.354 e. The third-order valence-electron chi connectivity index (χ3n) is 5.70. The number of hydrogen-bond acceptors (Lipinski definition) is 7. The van der Waals surface area contributed by atoms with Crippen LogP contribution in [0, 0.1) is 13.8 Å². The number of rotatable bonds is 4. The van der Waals surface area contributed by atoms with Gasteiger partial charge in [0.25, 0.3) is 5.91 Å². The molecule has 0 unspecified atom stereocenters. The minimum absolute atomic E-state index is 0.177. The Labute approximate surface area is 184 Å². The Kier molecular flexibility index (Phi) is 5.07. The molecule has 160 valence electrons. The number of hydrogen-bond donors (Lipinski definition) is 1. The van der Waals surface area contributed by atoms with E-state index in [1.54, 1.807) is 6.20 Å². The Hall–Kier alpha value is -3.04. The van der Waals surface area contributed by atoms with Gasteiger partial charge in [0, 0.05) is 37.8 Å². The predicted molar refractivity (Wildman–Crippen MR) is 124 cm³/mol. The highest BCUT2D eigenvalue weighted by molar-refractivity contribution is 7.20. The van der Waals surface area contributed by atoms with Crippen molar-refractivity contribution in [1.29, 1.82) is 0 Å². The molecule has 31 heavy (non-hydrogen) atoms. The normalized spacial score (nSPS) is 15.1. The number of aryl methyl sites for hydroxylation is 2. The van der Waals surface area contributed by atoms with Crippen LogP contribution in [0.15, 0.2) is 30.6 Å². The van der Waals surface area contributed by atoms with Crippen LogP contribution in [0.4, 0.5) is 11.6 Å². The molecule has 1 saturated heterocycles. The summed E-state index contributed by atoms with van der Waals surface area (Å²) < 4.78 is 1.89. The van der Waals surface area contributed by atoms with Gasteiger partial charge in [0.1, 0.15) is 16.5 Å². The summed E-state index contributed by atoms with van der Waals surface area (Å²) in [6.07, 6.45) is 3.71. The summed E-state index contributed by atoms with van der Waals surface area (Å²) in [7, 11) is 0. The van der Waals surface area contributed by atoms with E-state index in [0.717, 1.165) is 65.8 Å². The standard InChI is InChI=1S/C22H25N7OS/c1-4-27-7-9-28(10-8-27)19-6-5-16-11-17(31-22(16)26-19)21(30)25-18-13-29-12-14(2)23-20(29)15(3)24-18/h5-6,11-13H,4,7-10H2,1-3H3,(H,25,30). The molecule has 1 fully saturated rings. The van der Waals surface area contributed by atoms with Crippen LogP contribution in [-0.4, -0.2) is 62.9 Å². The average Bonchev–Trinajstić information content (AvgIpc) is 3.36. The van der Waals surface area contributed by atoms with E-state index in [4.69, 9.17) is 4.98 Å². The SMILES string of the molecule is CCN1CCN(c2ccc3cc(C(=O)Nc4cn5cc(C)nc5c(C)n4)sc3n2)CC1. The molecule has 0 bridgehead atoms. The van der Waals surface area contributed by atoms with Crippen molar-refractivity contribution in [1.82, 2.24) is 24.3 Å². The van der Waals surface area contributed by atoms with E-state index < -0.39 is 0 Å². The van der Waals surface area contributed by atoms with Gasteiger partial charge in [-0.25, -0.2) is 15.0 Å². The Bertz CT molecular complexity index is 1270. The van der Waals surface area contributed by atoms with Crippen molar-refractivity contribution in [3.8, 4) is 0 Å². The zero-order valence-corrected chi connectivity index (χ0v) is 18.7. The highest BCUT2D eigenvalue weighted by Gasteiger charge is 2.18. The van der Waals surface area contributed by atoms with Crippen molar-refractivity contribution < 1.29 is 4.79 Å². The van der Waals surface area contributed by atoms with E-state index >= 15 is 0 Å². The molecule has 1 aliphatic rings. The third-order valence-corrected chi connectivity index (χ3v) is 6.75. The number of anilines is 2. The number of imidazole rings is 1. The van der Waals surface area contributed by atoms with Crippen molar-refractivity contribution in [3.05, 3.63) is 46.9 Å². The lowest BCUT2D eigenvalue weighted by atomic mass is 10.2. The van der Waals surface area contributed by atoms with Crippen LogP contribution in [0.5, 0.6) is 0 Å². The van der Waals surface area contributed by atoms with Crippen molar-refractivity contribution in [2.45, 2.75) is 20.8 Å². The molecule has 0 saturated carbocycles. The Morgan fingerprint density at radius 1 is 1.10 bits per heavy atom. The van der Waals surface area contributed by atoms with Gasteiger partial charge in [0.15, 0.2) is 5.65 Å². The fourth-order valence-electron chi connectivity index (χ4n) is 4.00. The molecule has 1 amide bonds. The first-order chi connectivity index (χ1) is 15.0. The van der Waals surface area contributed by atoms with Crippen LogP contribution in [0.25, 0.3) is 15.9 Å². The van der Waals surface area contributed by atoms with Gasteiger partial charge in [-0.1, -0.05) is 6.92 Å². The molecule has 8 nitrogen and oxygen atoms in total. The lowest BCUT2D eigenvalue weighted by Gasteiger charge is -2.34. The van der Waals surface area contributed by atoms with Gasteiger partial charge in [0.2, 0.25) is 0 Å². The van der Waals surface area contributed by atoms with E-state index in [9.17, 15) is 4.79 Å². The van der Waals surface area contributed by atoms with Gasteiger partial charge in [-0.3, -0.25) is 4.79 Å². The highest BCUT2D eigenvalue weighted by Crippen LogP contribution is 2.28. The lowest BCUT2D eigenvalue weighted by Crippen LogP contribution is -2.46. The van der Waals surface area contributed by atoms with E-state index in [2.05, 4.69) is 44.1 Å². The van der Waals surface area contributed by atoms with Gasteiger partial charge in [0.05, 0.1) is 22.5 Å². The molecule has 1 N–H and O–H groups in total. The number of carbonyl (C=O) groups excluding carboxylic acids is 1. The first-order valence-corrected chi connectivity index (χ1v) is 11.3. The first kappa shape index (κ1) is 19.9. The molecule has 0 atom stereocenters. The monoisotopic (exact) mass is 435 g/mol. The van der Waals surface area contributed by atoms with Gasteiger partial charge in [-0.2, -0.15) is 0 Å². The van der Waals surface area contributed by atoms with Crippen LogP contribution in [0.3, 0.4) is 0 Å². The van der Waals surface area contributed by atoms with Crippen LogP contribution in [0.2, 0.25) is 0 Å². The van der Waals surface area contributed by atoms with Crippen LogP contribution >= 0.6 is 11.3 Å². The maximum atomic E-state index is 12.9. The summed E-state index contributed by atoms with van der Waals surface area (Å²) in [5, 5.41) is 3.90. The number of piperazine rings is 1. The van der Waals surface area contributed by atoms with E-state index in [-0.39, 0.29) is 5.91 Å². The van der Waals surface area contributed by atoms with Crippen molar-refractivity contribution in [2.24, 2.45) is 0 Å². The lowest BCUT2D eigenvalue weighted by molar-refractivity contribution is 0.103. The quantitative estimate of drug-likeness (QED) is 0.530. The third kappa shape index (κ3) is 3.86. The zero-order chi connectivity index (χ0) is 21.5. The highest BCUT2D eigenvalue weighted by atomic mass is 32.1. The largest absolute Gasteiger partial charge is 0.354 e. The molecule has 0 spiro atoms. The summed E-state index contributed by atoms with van der Waals surface area (Å²) in [6, 6.07) is 6.01. The first-order valence-electron chi connectivity index (χ1n) is 10.5. The van der Waals surface area contributed by atoms with E-state index in [1.807, 2.05) is 30.5 Å².